The molecule has 0 aliphatic carbocycles. The Balaban J connectivity index is 2.33. The maximum Gasteiger partial charge on any atom is 0.220 e. The number of nitrogens with one attached hydrogen (secondary N) is 1. The van der Waals surface area contributed by atoms with Crippen molar-refractivity contribution < 1.29 is 4.79 Å². The van der Waals surface area contributed by atoms with Crippen molar-refractivity contribution in [2.75, 3.05) is 0 Å². The van der Waals surface area contributed by atoms with E-state index < -0.39 is 0 Å². The van der Waals surface area contributed by atoms with Gasteiger partial charge < -0.3 is 5.32 Å². The van der Waals surface area contributed by atoms with Crippen LogP contribution in [0.2, 0.25) is 0 Å². The third kappa shape index (κ3) is 4.63. The number of unbranched alkanes of at least 4 members (excludes halogenated alkanes) is 1. The number of aryl methyl sites for hydroxylation is 1. The molecule has 0 bridgehead atoms. The molecule has 2 heteroatoms. The summed E-state index contributed by atoms with van der Waals surface area (Å²) in [6, 6.07) is 8.21. The lowest BCUT2D eigenvalue weighted by Gasteiger charge is -2.05. The molecular formula is C13H19NO. The van der Waals surface area contributed by atoms with Gasteiger partial charge in [-0.05, 0) is 18.9 Å². The van der Waals surface area contributed by atoms with E-state index >= 15 is 0 Å². The van der Waals surface area contributed by atoms with Gasteiger partial charge in [-0.2, -0.15) is 0 Å². The Hall–Kier alpha value is -1.31. The van der Waals surface area contributed by atoms with E-state index in [-0.39, 0.29) is 5.91 Å². The van der Waals surface area contributed by atoms with Gasteiger partial charge in [0, 0.05) is 13.0 Å². The van der Waals surface area contributed by atoms with Crippen LogP contribution in [0.3, 0.4) is 0 Å². The Morgan fingerprint density at radius 1 is 1.40 bits per heavy atom. The molecule has 1 rings (SSSR count). The van der Waals surface area contributed by atoms with Crippen LogP contribution in [0.4, 0.5) is 0 Å². The minimum Gasteiger partial charge on any atom is -0.352 e. The van der Waals surface area contributed by atoms with Crippen LogP contribution >= 0.6 is 0 Å². The van der Waals surface area contributed by atoms with Gasteiger partial charge >= 0.3 is 0 Å². The number of benzene rings is 1. The van der Waals surface area contributed by atoms with E-state index in [1.807, 2.05) is 12.1 Å². The van der Waals surface area contributed by atoms with E-state index in [2.05, 4.69) is 31.3 Å². The van der Waals surface area contributed by atoms with Gasteiger partial charge in [0.05, 0.1) is 0 Å². The van der Waals surface area contributed by atoms with E-state index in [0.717, 1.165) is 12.8 Å². The topological polar surface area (TPSA) is 29.1 Å². The Bertz CT molecular complexity index is 320. The second kappa shape index (κ2) is 6.23. The summed E-state index contributed by atoms with van der Waals surface area (Å²) in [5, 5.41) is 2.92. The zero-order valence-corrected chi connectivity index (χ0v) is 9.55. The van der Waals surface area contributed by atoms with Crippen LogP contribution in [0, 0.1) is 6.92 Å². The molecule has 0 atom stereocenters. The molecule has 0 saturated carbocycles. The molecule has 0 heterocycles. The molecule has 2 nitrogen and oxygen atoms in total. The minimum atomic E-state index is 0.151. The number of hydrogen-bond donors (Lipinski definition) is 1. The molecule has 1 aromatic carbocycles. The normalized spacial score (nSPS) is 10.0. The lowest BCUT2D eigenvalue weighted by atomic mass is 10.1. The predicted molar refractivity (Wildman–Crippen MR) is 62.6 cm³/mol. The summed E-state index contributed by atoms with van der Waals surface area (Å²) >= 11 is 0. The largest absolute Gasteiger partial charge is 0.352 e. The monoisotopic (exact) mass is 205 g/mol. The first kappa shape index (κ1) is 11.8. The second-order valence-electron chi connectivity index (χ2n) is 3.87. The Kier molecular flexibility index (Phi) is 4.88. The van der Waals surface area contributed by atoms with Gasteiger partial charge in [-0.3, -0.25) is 4.79 Å². The quantitative estimate of drug-likeness (QED) is 0.786. The molecule has 0 saturated heterocycles. The van der Waals surface area contributed by atoms with E-state index in [0.29, 0.717) is 13.0 Å². The molecule has 0 aliphatic heterocycles. The average Bonchev–Trinajstić information content (AvgIpc) is 2.23. The maximum absolute atomic E-state index is 11.3. The molecule has 82 valence electrons. The molecular weight excluding hydrogens is 186 g/mol. The van der Waals surface area contributed by atoms with Crippen LogP contribution in [0.1, 0.15) is 37.3 Å². The van der Waals surface area contributed by atoms with Gasteiger partial charge in [-0.1, -0.05) is 43.2 Å². The van der Waals surface area contributed by atoms with Gasteiger partial charge in [-0.15, -0.1) is 0 Å². The summed E-state index contributed by atoms with van der Waals surface area (Å²) in [5.74, 6) is 0.151. The summed E-state index contributed by atoms with van der Waals surface area (Å²) in [5.41, 5.74) is 2.40. The first-order valence-electron chi connectivity index (χ1n) is 5.54. The smallest absolute Gasteiger partial charge is 0.220 e. The zero-order valence-electron chi connectivity index (χ0n) is 9.55. The van der Waals surface area contributed by atoms with Crippen molar-refractivity contribution in [2.24, 2.45) is 0 Å². The Morgan fingerprint density at radius 2 is 2.20 bits per heavy atom. The third-order valence-corrected chi connectivity index (χ3v) is 2.33. The highest BCUT2D eigenvalue weighted by Gasteiger charge is 1.99. The van der Waals surface area contributed by atoms with Crippen molar-refractivity contribution in [1.82, 2.24) is 5.32 Å². The highest BCUT2D eigenvalue weighted by atomic mass is 16.1. The van der Waals surface area contributed by atoms with Crippen molar-refractivity contribution in [3.05, 3.63) is 35.4 Å². The van der Waals surface area contributed by atoms with E-state index in [1.165, 1.54) is 11.1 Å². The first-order valence-corrected chi connectivity index (χ1v) is 5.54. The SMILES string of the molecule is CCCCC(=O)NCc1cccc(C)c1. The Labute approximate surface area is 91.7 Å². The summed E-state index contributed by atoms with van der Waals surface area (Å²) in [6.07, 6.45) is 2.68. The van der Waals surface area contributed by atoms with Gasteiger partial charge in [0.25, 0.3) is 0 Å². The zero-order chi connectivity index (χ0) is 11.1. The molecule has 0 aromatic heterocycles. The molecule has 0 fully saturated rings. The number of amides is 1. The molecule has 1 aromatic rings. The van der Waals surface area contributed by atoms with Crippen molar-refractivity contribution in [3.63, 3.8) is 0 Å². The maximum atomic E-state index is 11.3. The fourth-order valence-corrected chi connectivity index (χ4v) is 1.45. The molecule has 0 aliphatic rings. The summed E-state index contributed by atoms with van der Waals surface area (Å²) in [7, 11) is 0. The average molecular weight is 205 g/mol. The first-order chi connectivity index (χ1) is 7.22. The van der Waals surface area contributed by atoms with Gasteiger partial charge in [0.2, 0.25) is 5.91 Å². The fraction of sp³-hybridized carbons (Fsp3) is 0.462. The van der Waals surface area contributed by atoms with Crippen LogP contribution in [0.15, 0.2) is 24.3 Å². The van der Waals surface area contributed by atoms with Crippen LogP contribution in [0.25, 0.3) is 0 Å². The number of hydrogen-bond acceptors (Lipinski definition) is 1. The molecule has 15 heavy (non-hydrogen) atoms. The molecule has 0 unspecified atom stereocenters. The van der Waals surface area contributed by atoms with Crippen molar-refractivity contribution in [2.45, 2.75) is 39.7 Å². The van der Waals surface area contributed by atoms with E-state index in [1.54, 1.807) is 0 Å². The minimum absolute atomic E-state index is 0.151. The van der Waals surface area contributed by atoms with Crippen LogP contribution < -0.4 is 5.32 Å². The highest BCUT2D eigenvalue weighted by molar-refractivity contribution is 5.75. The highest BCUT2D eigenvalue weighted by Crippen LogP contribution is 2.03. The Morgan fingerprint density at radius 3 is 2.87 bits per heavy atom. The van der Waals surface area contributed by atoms with Gasteiger partial charge in [0.15, 0.2) is 0 Å². The lowest BCUT2D eigenvalue weighted by Crippen LogP contribution is -2.22. The third-order valence-electron chi connectivity index (χ3n) is 2.33. The van der Waals surface area contributed by atoms with Gasteiger partial charge in [-0.25, -0.2) is 0 Å². The van der Waals surface area contributed by atoms with Gasteiger partial charge in [0.1, 0.15) is 0 Å². The van der Waals surface area contributed by atoms with Crippen molar-refractivity contribution in [3.8, 4) is 0 Å². The van der Waals surface area contributed by atoms with Crippen LogP contribution in [-0.2, 0) is 11.3 Å². The lowest BCUT2D eigenvalue weighted by molar-refractivity contribution is -0.121. The van der Waals surface area contributed by atoms with E-state index in [4.69, 9.17) is 0 Å². The number of rotatable bonds is 5. The number of carbonyl (C=O) groups excluding carboxylic acids is 1. The fourth-order valence-electron chi connectivity index (χ4n) is 1.45. The predicted octanol–water partition coefficient (Wildman–Crippen LogP) is 2.80. The molecule has 1 amide bonds. The standard InChI is InChI=1S/C13H19NO/c1-3-4-8-13(15)14-10-12-7-5-6-11(2)9-12/h5-7,9H,3-4,8,10H2,1-2H3,(H,14,15). The molecule has 0 radical (unpaired) electrons. The summed E-state index contributed by atoms with van der Waals surface area (Å²) in [6.45, 7) is 4.79. The van der Waals surface area contributed by atoms with E-state index in [9.17, 15) is 4.79 Å². The molecule has 0 spiro atoms. The summed E-state index contributed by atoms with van der Waals surface area (Å²) < 4.78 is 0. The van der Waals surface area contributed by atoms with Crippen molar-refractivity contribution >= 4 is 5.91 Å². The second-order valence-corrected chi connectivity index (χ2v) is 3.87. The number of carbonyl (C=O) groups is 1. The summed E-state index contributed by atoms with van der Waals surface area (Å²) in [4.78, 5) is 11.3. The van der Waals surface area contributed by atoms with Crippen molar-refractivity contribution in [1.29, 1.82) is 0 Å². The van der Waals surface area contributed by atoms with Crippen LogP contribution in [0.5, 0.6) is 0 Å². The molecule has 1 N–H and O–H groups in total. The van der Waals surface area contributed by atoms with Crippen LogP contribution in [-0.4, -0.2) is 5.91 Å².